The minimum absolute atomic E-state index is 0.0500. The molecule has 1 fully saturated rings. The van der Waals surface area contributed by atoms with E-state index in [2.05, 4.69) is 10.5 Å². The fourth-order valence-corrected chi connectivity index (χ4v) is 5.51. The summed E-state index contributed by atoms with van der Waals surface area (Å²) in [5.74, 6) is -0.518. The molecule has 0 radical (unpaired) electrons. The van der Waals surface area contributed by atoms with Crippen molar-refractivity contribution in [3.8, 4) is 11.5 Å². The van der Waals surface area contributed by atoms with Crippen molar-refractivity contribution in [1.82, 2.24) is 9.73 Å². The van der Waals surface area contributed by atoms with Gasteiger partial charge in [-0.15, -0.1) is 0 Å². The van der Waals surface area contributed by atoms with E-state index in [9.17, 15) is 18.0 Å². The van der Waals surface area contributed by atoms with Crippen LogP contribution in [0, 0.1) is 0 Å². The van der Waals surface area contributed by atoms with Gasteiger partial charge in [0.25, 0.3) is 5.91 Å². The number of benzene rings is 2. The van der Waals surface area contributed by atoms with Crippen LogP contribution in [-0.4, -0.2) is 61.7 Å². The lowest BCUT2D eigenvalue weighted by molar-refractivity contribution is -0.136. The molecular formula is C24H27N3O7S. The van der Waals surface area contributed by atoms with Crippen molar-refractivity contribution in [3.05, 3.63) is 53.6 Å². The van der Waals surface area contributed by atoms with Gasteiger partial charge >= 0.3 is 5.97 Å². The number of carboxylic acids is 1. The highest BCUT2D eigenvalue weighted by Crippen LogP contribution is 2.31. The lowest BCUT2D eigenvalue weighted by Crippen LogP contribution is -2.35. The van der Waals surface area contributed by atoms with Gasteiger partial charge in [-0.3, -0.25) is 9.59 Å². The van der Waals surface area contributed by atoms with E-state index in [1.807, 2.05) is 0 Å². The summed E-state index contributed by atoms with van der Waals surface area (Å²) < 4.78 is 38.5. The molecule has 0 spiro atoms. The molecule has 2 aliphatic heterocycles. The first-order valence-corrected chi connectivity index (χ1v) is 12.9. The third kappa shape index (κ3) is 5.98. The van der Waals surface area contributed by atoms with Gasteiger partial charge in [0.2, 0.25) is 10.0 Å². The monoisotopic (exact) mass is 501 g/mol. The molecule has 35 heavy (non-hydrogen) atoms. The fraction of sp³-hybridized carbons (Fsp3) is 0.375. The fourth-order valence-electron chi connectivity index (χ4n) is 3.95. The number of carbonyl (C=O) groups excluding carboxylic acids is 1. The predicted octanol–water partition coefficient (Wildman–Crippen LogP) is 2.63. The third-order valence-corrected chi connectivity index (χ3v) is 7.69. The van der Waals surface area contributed by atoms with Gasteiger partial charge in [-0.05, 0) is 49.2 Å². The normalized spacial score (nSPS) is 16.5. The van der Waals surface area contributed by atoms with Crippen LogP contribution >= 0.6 is 0 Å². The maximum absolute atomic E-state index is 13.0. The summed E-state index contributed by atoms with van der Waals surface area (Å²) in [4.78, 5) is 24.0. The Morgan fingerprint density at radius 2 is 1.69 bits per heavy atom. The molecule has 0 saturated carbocycles. The van der Waals surface area contributed by atoms with E-state index in [0.29, 0.717) is 49.1 Å². The maximum atomic E-state index is 13.0. The first kappa shape index (κ1) is 24.7. The summed E-state index contributed by atoms with van der Waals surface area (Å²) in [6, 6.07) is 10.9. The number of carboxylic acid groups (broad SMARTS) is 1. The van der Waals surface area contributed by atoms with Gasteiger partial charge in [0.15, 0.2) is 11.5 Å². The van der Waals surface area contributed by atoms with Gasteiger partial charge in [0.1, 0.15) is 13.2 Å². The van der Waals surface area contributed by atoms with Crippen LogP contribution in [0.2, 0.25) is 0 Å². The van der Waals surface area contributed by atoms with Crippen LogP contribution in [0.1, 0.15) is 48.0 Å². The molecule has 2 aliphatic rings. The van der Waals surface area contributed by atoms with Crippen LogP contribution in [-0.2, 0) is 14.8 Å². The Morgan fingerprint density at radius 3 is 2.43 bits per heavy atom. The second-order valence-electron chi connectivity index (χ2n) is 8.24. The van der Waals surface area contributed by atoms with Crippen molar-refractivity contribution in [2.45, 2.75) is 37.0 Å². The first-order valence-electron chi connectivity index (χ1n) is 11.4. The molecule has 4 rings (SSSR count). The zero-order chi connectivity index (χ0) is 24.8. The molecule has 2 aromatic carbocycles. The molecule has 2 aromatic rings. The average molecular weight is 502 g/mol. The number of piperidine rings is 1. The van der Waals surface area contributed by atoms with Crippen LogP contribution in [0.5, 0.6) is 11.5 Å². The van der Waals surface area contributed by atoms with Crippen molar-refractivity contribution in [2.75, 3.05) is 26.3 Å². The number of carbonyl (C=O) groups is 2. The van der Waals surface area contributed by atoms with E-state index in [4.69, 9.17) is 14.6 Å². The zero-order valence-electron chi connectivity index (χ0n) is 19.1. The third-order valence-electron chi connectivity index (χ3n) is 5.79. The molecule has 2 heterocycles. The van der Waals surface area contributed by atoms with E-state index in [1.54, 1.807) is 18.2 Å². The Morgan fingerprint density at radius 1 is 0.943 bits per heavy atom. The van der Waals surface area contributed by atoms with E-state index in [-0.39, 0.29) is 23.3 Å². The largest absolute Gasteiger partial charge is 0.486 e. The van der Waals surface area contributed by atoms with Crippen LogP contribution in [0.3, 0.4) is 0 Å². The highest BCUT2D eigenvalue weighted by molar-refractivity contribution is 7.89. The molecule has 10 nitrogen and oxygen atoms in total. The van der Waals surface area contributed by atoms with Gasteiger partial charge in [-0.25, -0.2) is 13.8 Å². The number of hydrazone groups is 1. The summed E-state index contributed by atoms with van der Waals surface area (Å²) in [5, 5.41) is 13.3. The second-order valence-corrected chi connectivity index (χ2v) is 10.2. The summed E-state index contributed by atoms with van der Waals surface area (Å²) in [5.41, 5.74) is 3.49. The molecule has 0 atom stereocenters. The Hall–Kier alpha value is -3.44. The lowest BCUT2D eigenvalue weighted by Gasteiger charge is -2.25. The molecule has 0 aliphatic carbocycles. The van der Waals surface area contributed by atoms with E-state index in [0.717, 1.165) is 19.3 Å². The van der Waals surface area contributed by atoms with Crippen molar-refractivity contribution in [2.24, 2.45) is 5.10 Å². The topological polar surface area (TPSA) is 135 Å². The van der Waals surface area contributed by atoms with E-state index in [1.165, 1.54) is 28.6 Å². The molecule has 1 amide bonds. The highest BCUT2D eigenvalue weighted by atomic mass is 32.2. The average Bonchev–Trinajstić information content (AvgIpc) is 2.88. The number of hydrogen-bond acceptors (Lipinski definition) is 7. The number of rotatable bonds is 8. The minimum atomic E-state index is -3.69. The van der Waals surface area contributed by atoms with E-state index < -0.39 is 21.9 Å². The van der Waals surface area contributed by atoms with Gasteiger partial charge in [0.05, 0.1) is 17.0 Å². The van der Waals surface area contributed by atoms with Gasteiger partial charge in [-0.2, -0.15) is 9.41 Å². The summed E-state index contributed by atoms with van der Waals surface area (Å²) in [6.45, 7) is 1.76. The molecular weight excluding hydrogens is 474 g/mol. The molecule has 0 bridgehead atoms. The first-order chi connectivity index (χ1) is 16.8. The quantitative estimate of drug-likeness (QED) is 0.419. The van der Waals surface area contributed by atoms with Crippen LogP contribution in [0.15, 0.2) is 52.5 Å². The van der Waals surface area contributed by atoms with Crippen LogP contribution in [0.4, 0.5) is 0 Å². The number of fused-ring (bicyclic) bond motifs is 1. The zero-order valence-corrected chi connectivity index (χ0v) is 19.9. The van der Waals surface area contributed by atoms with Crippen molar-refractivity contribution in [1.29, 1.82) is 0 Å². The molecule has 2 N–H and O–H groups in total. The summed E-state index contributed by atoms with van der Waals surface area (Å²) in [6.07, 6.45) is 2.51. The number of sulfonamides is 1. The standard InChI is InChI=1S/C24H27N3O7S/c28-23(29)10-8-20(17-7-9-21-22(16-17)34-14-13-33-21)25-26-24(30)18-5-4-6-19(15-18)35(31,32)27-11-2-1-3-12-27/h4-7,9,15-16H,1-3,8,10-14H2,(H,26,30)(H,28,29). The number of aliphatic carboxylic acids is 1. The molecule has 0 unspecified atom stereocenters. The summed E-state index contributed by atoms with van der Waals surface area (Å²) in [7, 11) is -3.69. The number of ether oxygens (including phenoxy) is 2. The van der Waals surface area contributed by atoms with Gasteiger partial charge in [0, 0.05) is 30.6 Å². The predicted molar refractivity (Wildman–Crippen MR) is 127 cm³/mol. The lowest BCUT2D eigenvalue weighted by atomic mass is 10.0. The van der Waals surface area contributed by atoms with E-state index >= 15 is 0 Å². The summed E-state index contributed by atoms with van der Waals surface area (Å²) >= 11 is 0. The SMILES string of the molecule is O=C(O)CCC(=NNC(=O)c1cccc(S(=O)(=O)N2CCCCC2)c1)c1ccc2c(c1)OCCO2. The molecule has 186 valence electrons. The molecule has 1 saturated heterocycles. The van der Waals surface area contributed by atoms with Gasteiger partial charge in [-0.1, -0.05) is 12.5 Å². The van der Waals surface area contributed by atoms with Crippen molar-refractivity contribution >= 4 is 27.6 Å². The minimum Gasteiger partial charge on any atom is -0.486 e. The maximum Gasteiger partial charge on any atom is 0.303 e. The van der Waals surface area contributed by atoms with Crippen molar-refractivity contribution < 1.29 is 32.6 Å². The molecule has 0 aromatic heterocycles. The van der Waals surface area contributed by atoms with Gasteiger partial charge < -0.3 is 14.6 Å². The number of hydrogen-bond donors (Lipinski definition) is 2. The number of nitrogens with one attached hydrogen (secondary N) is 1. The number of amides is 1. The second kappa shape index (κ2) is 10.9. The Bertz CT molecular complexity index is 1240. The highest BCUT2D eigenvalue weighted by Gasteiger charge is 2.26. The van der Waals surface area contributed by atoms with Crippen molar-refractivity contribution in [3.63, 3.8) is 0 Å². The molecule has 11 heteroatoms. The number of nitrogens with zero attached hydrogens (tertiary/aromatic N) is 2. The Kier molecular flexibility index (Phi) is 7.67. The van der Waals surface area contributed by atoms with Crippen LogP contribution in [0.25, 0.3) is 0 Å². The Labute approximate surface area is 203 Å². The Balaban J connectivity index is 1.54. The van der Waals surface area contributed by atoms with Crippen LogP contribution < -0.4 is 14.9 Å². The smallest absolute Gasteiger partial charge is 0.303 e.